The molecule has 1 aliphatic rings. The van der Waals surface area contributed by atoms with Crippen molar-refractivity contribution in [3.63, 3.8) is 0 Å². The maximum Gasteiger partial charge on any atom is 0.222 e. The molecule has 2 aromatic rings. The molecule has 17 heavy (non-hydrogen) atoms. The van der Waals surface area contributed by atoms with Crippen molar-refractivity contribution in [3.8, 4) is 11.3 Å². The molecule has 1 aliphatic carbocycles. The van der Waals surface area contributed by atoms with Gasteiger partial charge in [0, 0.05) is 17.0 Å². The van der Waals surface area contributed by atoms with Crippen molar-refractivity contribution >= 4 is 5.88 Å². The number of hydrogen-bond donors (Lipinski definition) is 2. The van der Waals surface area contributed by atoms with E-state index in [1.165, 1.54) is 5.56 Å². The van der Waals surface area contributed by atoms with Gasteiger partial charge in [0.15, 0.2) is 0 Å². The standard InChI is InChI=1S/C13H14N2O2/c14-12-7-11(15-17-12)9-2-1-3-10(6-9)13(8-16)4-5-13/h1-3,6-7,16H,4-5,8,14H2. The van der Waals surface area contributed by atoms with Crippen LogP contribution in [0, 0.1) is 0 Å². The molecule has 0 amide bonds. The molecule has 1 saturated carbocycles. The molecule has 1 heterocycles. The lowest BCUT2D eigenvalue weighted by atomic mass is 9.94. The fraction of sp³-hybridized carbons (Fsp3) is 0.308. The predicted octanol–water partition coefficient (Wildman–Crippen LogP) is 1.95. The van der Waals surface area contributed by atoms with Crippen LogP contribution in [-0.4, -0.2) is 16.9 Å². The van der Waals surface area contributed by atoms with Crippen molar-refractivity contribution in [2.75, 3.05) is 12.3 Å². The molecule has 0 atom stereocenters. The monoisotopic (exact) mass is 230 g/mol. The van der Waals surface area contributed by atoms with Crippen molar-refractivity contribution in [1.29, 1.82) is 0 Å². The van der Waals surface area contributed by atoms with Crippen LogP contribution in [0.4, 0.5) is 5.88 Å². The summed E-state index contributed by atoms with van der Waals surface area (Å²) in [7, 11) is 0. The Bertz CT molecular complexity index is 544. The molecule has 0 aliphatic heterocycles. The van der Waals surface area contributed by atoms with Crippen molar-refractivity contribution in [3.05, 3.63) is 35.9 Å². The summed E-state index contributed by atoms with van der Waals surface area (Å²) in [5, 5.41) is 13.3. The van der Waals surface area contributed by atoms with E-state index in [1.807, 2.05) is 12.1 Å². The van der Waals surface area contributed by atoms with Gasteiger partial charge in [-0.1, -0.05) is 23.4 Å². The molecule has 1 aromatic heterocycles. The highest BCUT2D eigenvalue weighted by atomic mass is 16.5. The Labute approximate surface area is 99.0 Å². The summed E-state index contributed by atoms with van der Waals surface area (Å²) in [6.07, 6.45) is 2.10. The van der Waals surface area contributed by atoms with Gasteiger partial charge in [0.25, 0.3) is 0 Å². The first-order chi connectivity index (χ1) is 8.23. The van der Waals surface area contributed by atoms with Crippen LogP contribution in [-0.2, 0) is 5.41 Å². The van der Waals surface area contributed by atoms with Crippen molar-refractivity contribution < 1.29 is 9.63 Å². The zero-order chi connectivity index (χ0) is 11.9. The van der Waals surface area contributed by atoms with E-state index in [9.17, 15) is 5.11 Å². The van der Waals surface area contributed by atoms with Gasteiger partial charge in [-0.05, 0) is 24.5 Å². The van der Waals surface area contributed by atoms with Gasteiger partial charge >= 0.3 is 0 Å². The highest BCUT2D eigenvalue weighted by molar-refractivity contribution is 5.62. The van der Waals surface area contributed by atoms with Crippen molar-refractivity contribution in [2.24, 2.45) is 0 Å². The van der Waals surface area contributed by atoms with E-state index in [4.69, 9.17) is 10.3 Å². The van der Waals surface area contributed by atoms with Gasteiger partial charge < -0.3 is 15.4 Å². The number of aromatic nitrogens is 1. The van der Waals surface area contributed by atoms with Crippen molar-refractivity contribution in [2.45, 2.75) is 18.3 Å². The first kappa shape index (κ1) is 10.4. The molecule has 1 fully saturated rings. The third-order valence-electron chi connectivity index (χ3n) is 3.46. The second-order valence-corrected chi connectivity index (χ2v) is 4.63. The maximum atomic E-state index is 9.42. The molecule has 88 valence electrons. The van der Waals surface area contributed by atoms with Crippen LogP contribution in [0.1, 0.15) is 18.4 Å². The van der Waals surface area contributed by atoms with Crippen molar-refractivity contribution in [1.82, 2.24) is 5.16 Å². The van der Waals surface area contributed by atoms with Crippen LogP contribution in [0.5, 0.6) is 0 Å². The predicted molar refractivity (Wildman–Crippen MR) is 64.3 cm³/mol. The molecule has 3 rings (SSSR count). The molecule has 0 radical (unpaired) electrons. The molecule has 0 saturated heterocycles. The maximum absolute atomic E-state index is 9.42. The number of hydrogen-bond acceptors (Lipinski definition) is 4. The Morgan fingerprint density at radius 1 is 1.35 bits per heavy atom. The van der Waals surface area contributed by atoms with Crippen LogP contribution in [0.15, 0.2) is 34.9 Å². The molecule has 4 nitrogen and oxygen atoms in total. The minimum absolute atomic E-state index is 0.0225. The van der Waals surface area contributed by atoms with E-state index in [-0.39, 0.29) is 12.0 Å². The zero-order valence-corrected chi connectivity index (χ0v) is 9.39. The van der Waals surface area contributed by atoms with Gasteiger partial charge in [-0.2, -0.15) is 0 Å². The Morgan fingerprint density at radius 2 is 2.18 bits per heavy atom. The van der Waals surface area contributed by atoms with E-state index >= 15 is 0 Å². The molecule has 0 bridgehead atoms. The summed E-state index contributed by atoms with van der Waals surface area (Å²) in [5.74, 6) is 0.314. The number of rotatable bonds is 3. The fourth-order valence-corrected chi connectivity index (χ4v) is 2.12. The third-order valence-corrected chi connectivity index (χ3v) is 3.46. The van der Waals surface area contributed by atoms with Gasteiger partial charge in [0.1, 0.15) is 5.69 Å². The van der Waals surface area contributed by atoms with Crippen LogP contribution in [0.25, 0.3) is 11.3 Å². The largest absolute Gasteiger partial charge is 0.395 e. The lowest BCUT2D eigenvalue weighted by molar-refractivity contribution is 0.255. The average molecular weight is 230 g/mol. The van der Waals surface area contributed by atoms with Gasteiger partial charge in [-0.25, -0.2) is 0 Å². The molecular formula is C13H14N2O2. The number of anilines is 1. The molecule has 0 spiro atoms. The SMILES string of the molecule is Nc1cc(-c2cccc(C3(CO)CC3)c2)no1. The van der Waals surface area contributed by atoms with Crippen LogP contribution in [0.3, 0.4) is 0 Å². The number of aliphatic hydroxyl groups is 1. The fourth-order valence-electron chi connectivity index (χ4n) is 2.12. The average Bonchev–Trinajstić information content (AvgIpc) is 3.06. The minimum atomic E-state index is -0.0225. The second-order valence-electron chi connectivity index (χ2n) is 4.63. The Hall–Kier alpha value is -1.81. The third kappa shape index (κ3) is 1.70. The summed E-state index contributed by atoms with van der Waals surface area (Å²) in [4.78, 5) is 0. The quantitative estimate of drug-likeness (QED) is 0.845. The van der Waals surface area contributed by atoms with Crippen LogP contribution >= 0.6 is 0 Å². The summed E-state index contributed by atoms with van der Waals surface area (Å²) >= 11 is 0. The number of nitrogens with zero attached hydrogens (tertiary/aromatic N) is 1. The second kappa shape index (κ2) is 3.60. The van der Waals surface area contributed by atoms with Gasteiger partial charge in [-0.15, -0.1) is 0 Å². The Balaban J connectivity index is 2.00. The zero-order valence-electron chi connectivity index (χ0n) is 9.39. The summed E-state index contributed by atoms with van der Waals surface area (Å²) < 4.78 is 4.86. The van der Waals surface area contributed by atoms with E-state index < -0.39 is 0 Å². The van der Waals surface area contributed by atoms with E-state index in [2.05, 4.69) is 17.3 Å². The lowest BCUT2D eigenvalue weighted by Crippen LogP contribution is -2.11. The Morgan fingerprint density at radius 3 is 2.76 bits per heavy atom. The smallest absolute Gasteiger partial charge is 0.222 e. The minimum Gasteiger partial charge on any atom is -0.395 e. The first-order valence-electron chi connectivity index (χ1n) is 5.67. The number of nitrogen functional groups attached to an aromatic ring is 1. The number of nitrogens with two attached hydrogens (primary N) is 1. The molecule has 4 heteroatoms. The number of benzene rings is 1. The highest BCUT2D eigenvalue weighted by Gasteiger charge is 2.43. The van der Waals surface area contributed by atoms with Gasteiger partial charge in [-0.3, -0.25) is 0 Å². The Kier molecular flexibility index (Phi) is 2.19. The molecule has 0 unspecified atom stereocenters. The van der Waals surface area contributed by atoms with E-state index in [0.29, 0.717) is 5.88 Å². The lowest BCUT2D eigenvalue weighted by Gasteiger charge is -2.12. The van der Waals surface area contributed by atoms with E-state index in [0.717, 1.165) is 24.1 Å². The molecule has 3 N–H and O–H groups in total. The number of aliphatic hydroxyl groups excluding tert-OH is 1. The summed E-state index contributed by atoms with van der Waals surface area (Å²) in [6, 6.07) is 9.76. The van der Waals surface area contributed by atoms with Gasteiger partial charge in [0.2, 0.25) is 5.88 Å². The molecule has 1 aromatic carbocycles. The van der Waals surface area contributed by atoms with Gasteiger partial charge in [0.05, 0.1) is 6.61 Å². The van der Waals surface area contributed by atoms with E-state index in [1.54, 1.807) is 6.07 Å². The topological polar surface area (TPSA) is 72.3 Å². The van der Waals surface area contributed by atoms with Crippen LogP contribution < -0.4 is 5.73 Å². The summed E-state index contributed by atoms with van der Waals surface area (Å²) in [5.41, 5.74) is 8.36. The first-order valence-corrected chi connectivity index (χ1v) is 5.67. The highest BCUT2D eigenvalue weighted by Crippen LogP contribution is 2.48. The summed E-state index contributed by atoms with van der Waals surface area (Å²) in [6.45, 7) is 0.206. The molecular weight excluding hydrogens is 216 g/mol. The van der Waals surface area contributed by atoms with Crippen LogP contribution in [0.2, 0.25) is 0 Å². The normalized spacial score (nSPS) is 17.0.